The molecule has 1 unspecified atom stereocenters. The lowest BCUT2D eigenvalue weighted by Gasteiger charge is -2.21. The minimum atomic E-state index is 0.661. The van der Waals surface area contributed by atoms with Gasteiger partial charge in [-0.15, -0.1) is 11.3 Å². The predicted molar refractivity (Wildman–Crippen MR) is 58.4 cm³/mol. The van der Waals surface area contributed by atoms with E-state index in [0.717, 1.165) is 6.54 Å². The van der Waals surface area contributed by atoms with Crippen LogP contribution in [0.25, 0.3) is 0 Å². The lowest BCUT2D eigenvalue weighted by atomic mass is 9.87. The predicted octanol–water partition coefficient (Wildman–Crippen LogP) is 2.69. The highest BCUT2D eigenvalue weighted by Crippen LogP contribution is 2.37. The quantitative estimate of drug-likeness (QED) is 0.771. The van der Waals surface area contributed by atoms with Gasteiger partial charge in [0.05, 0.1) is 0 Å². The van der Waals surface area contributed by atoms with Gasteiger partial charge >= 0.3 is 0 Å². The van der Waals surface area contributed by atoms with Crippen molar-refractivity contribution in [2.24, 2.45) is 5.73 Å². The summed E-state index contributed by atoms with van der Waals surface area (Å²) in [6, 6.07) is 0. The number of hydrogen-bond donors (Lipinski definition) is 1. The third kappa shape index (κ3) is 1.53. The highest BCUT2D eigenvalue weighted by molar-refractivity contribution is 7.10. The molecular weight excluding hydrogens is 178 g/mol. The molecule has 0 aromatic carbocycles. The van der Waals surface area contributed by atoms with E-state index in [0.29, 0.717) is 5.92 Å². The number of thiophene rings is 1. The number of hydrogen-bond acceptors (Lipinski definition) is 2. The van der Waals surface area contributed by atoms with Crippen molar-refractivity contribution in [2.45, 2.75) is 38.5 Å². The van der Waals surface area contributed by atoms with Crippen molar-refractivity contribution in [1.82, 2.24) is 0 Å². The average molecular weight is 195 g/mol. The summed E-state index contributed by atoms with van der Waals surface area (Å²) in [6.07, 6.45) is 5.10. The van der Waals surface area contributed by atoms with Crippen molar-refractivity contribution in [2.75, 3.05) is 6.54 Å². The van der Waals surface area contributed by atoms with Crippen molar-refractivity contribution in [1.29, 1.82) is 0 Å². The van der Waals surface area contributed by atoms with Crippen LogP contribution in [0.15, 0.2) is 5.38 Å². The molecule has 2 rings (SSSR count). The molecule has 0 aliphatic heterocycles. The molecule has 0 fully saturated rings. The van der Waals surface area contributed by atoms with E-state index in [9.17, 15) is 0 Å². The number of rotatable bonds is 2. The molecule has 0 saturated heterocycles. The second kappa shape index (κ2) is 3.81. The Morgan fingerprint density at radius 2 is 2.46 bits per heavy atom. The molecular formula is C11H17NS. The van der Waals surface area contributed by atoms with Crippen LogP contribution in [0.5, 0.6) is 0 Å². The van der Waals surface area contributed by atoms with Crippen molar-refractivity contribution >= 4 is 11.3 Å². The molecule has 0 amide bonds. The van der Waals surface area contributed by atoms with Crippen LogP contribution < -0.4 is 5.73 Å². The van der Waals surface area contributed by atoms with E-state index < -0.39 is 0 Å². The van der Waals surface area contributed by atoms with Crippen LogP contribution in [0.1, 0.15) is 41.7 Å². The van der Waals surface area contributed by atoms with Gasteiger partial charge in [0.15, 0.2) is 0 Å². The third-order valence-corrected chi connectivity index (χ3v) is 4.26. The van der Waals surface area contributed by atoms with Crippen LogP contribution in [0.3, 0.4) is 0 Å². The van der Waals surface area contributed by atoms with Crippen molar-refractivity contribution in [3.63, 3.8) is 0 Å². The van der Waals surface area contributed by atoms with Crippen molar-refractivity contribution in [3.05, 3.63) is 21.4 Å². The lowest BCUT2D eigenvalue weighted by molar-refractivity contribution is 0.569. The van der Waals surface area contributed by atoms with Gasteiger partial charge in [0.1, 0.15) is 0 Å². The highest BCUT2D eigenvalue weighted by atomic mass is 32.1. The SMILES string of the molecule is CCc1csc2c1CCCC2CN. The first kappa shape index (κ1) is 9.22. The Balaban J connectivity index is 2.36. The Bertz CT molecular complexity index is 290. The fourth-order valence-electron chi connectivity index (χ4n) is 2.24. The highest BCUT2D eigenvalue weighted by Gasteiger charge is 2.22. The van der Waals surface area contributed by atoms with Gasteiger partial charge in [0.25, 0.3) is 0 Å². The summed E-state index contributed by atoms with van der Waals surface area (Å²) in [5, 5.41) is 2.33. The molecule has 0 spiro atoms. The van der Waals surface area contributed by atoms with Crippen molar-refractivity contribution in [3.8, 4) is 0 Å². The molecule has 72 valence electrons. The topological polar surface area (TPSA) is 26.0 Å². The maximum Gasteiger partial charge on any atom is 0.0124 e. The van der Waals surface area contributed by atoms with E-state index >= 15 is 0 Å². The zero-order valence-electron chi connectivity index (χ0n) is 8.18. The van der Waals surface area contributed by atoms with E-state index in [1.165, 1.54) is 25.7 Å². The van der Waals surface area contributed by atoms with E-state index in [1.807, 2.05) is 11.3 Å². The van der Waals surface area contributed by atoms with Gasteiger partial charge in [-0.3, -0.25) is 0 Å². The minimum Gasteiger partial charge on any atom is -0.330 e. The first-order chi connectivity index (χ1) is 6.36. The fourth-order valence-corrected chi connectivity index (χ4v) is 3.60. The Hall–Kier alpha value is -0.340. The largest absolute Gasteiger partial charge is 0.330 e. The van der Waals surface area contributed by atoms with Crippen molar-refractivity contribution < 1.29 is 0 Å². The van der Waals surface area contributed by atoms with E-state index in [2.05, 4.69) is 12.3 Å². The molecule has 1 nitrogen and oxygen atoms in total. The molecule has 0 bridgehead atoms. The molecule has 0 saturated carbocycles. The van der Waals surface area contributed by atoms with Crippen LogP contribution >= 0.6 is 11.3 Å². The van der Waals surface area contributed by atoms with Crippen LogP contribution in [0.2, 0.25) is 0 Å². The number of aryl methyl sites for hydroxylation is 1. The lowest BCUT2D eigenvalue weighted by Crippen LogP contribution is -2.16. The molecule has 2 N–H and O–H groups in total. The monoisotopic (exact) mass is 195 g/mol. The van der Waals surface area contributed by atoms with Crippen LogP contribution in [0, 0.1) is 0 Å². The Kier molecular flexibility index (Phi) is 2.70. The summed E-state index contributed by atoms with van der Waals surface area (Å²) in [5.74, 6) is 0.661. The summed E-state index contributed by atoms with van der Waals surface area (Å²) in [4.78, 5) is 1.59. The molecule has 1 heterocycles. The number of fused-ring (bicyclic) bond motifs is 1. The van der Waals surface area contributed by atoms with Gasteiger partial charge < -0.3 is 5.73 Å². The Morgan fingerprint density at radius 1 is 1.62 bits per heavy atom. The molecule has 1 aromatic heterocycles. The molecule has 13 heavy (non-hydrogen) atoms. The van der Waals surface area contributed by atoms with Crippen LogP contribution in [-0.4, -0.2) is 6.54 Å². The summed E-state index contributed by atoms with van der Waals surface area (Å²) in [5.41, 5.74) is 8.98. The molecule has 1 atom stereocenters. The standard InChI is InChI=1S/C11H17NS/c1-2-8-7-13-11-9(6-12)4-3-5-10(8)11/h7,9H,2-6,12H2,1H3. The van der Waals surface area contributed by atoms with Gasteiger partial charge in [0.2, 0.25) is 0 Å². The molecule has 1 aliphatic rings. The van der Waals surface area contributed by atoms with Gasteiger partial charge in [-0.05, 0) is 48.7 Å². The maximum absolute atomic E-state index is 5.78. The molecule has 1 aliphatic carbocycles. The Labute approximate surface area is 84.0 Å². The molecule has 0 radical (unpaired) electrons. The average Bonchev–Trinajstić information content (AvgIpc) is 2.60. The maximum atomic E-state index is 5.78. The van der Waals surface area contributed by atoms with Gasteiger partial charge in [-0.1, -0.05) is 6.92 Å². The smallest absolute Gasteiger partial charge is 0.0124 e. The van der Waals surface area contributed by atoms with E-state index in [4.69, 9.17) is 5.73 Å². The zero-order chi connectivity index (χ0) is 9.26. The van der Waals surface area contributed by atoms with E-state index in [1.54, 1.807) is 16.0 Å². The summed E-state index contributed by atoms with van der Waals surface area (Å²) >= 11 is 1.93. The van der Waals surface area contributed by atoms with Crippen LogP contribution in [-0.2, 0) is 12.8 Å². The second-order valence-corrected chi connectivity index (χ2v) is 4.69. The van der Waals surface area contributed by atoms with Gasteiger partial charge in [-0.25, -0.2) is 0 Å². The summed E-state index contributed by atoms with van der Waals surface area (Å²) < 4.78 is 0. The molecule has 2 heteroatoms. The third-order valence-electron chi connectivity index (χ3n) is 3.03. The van der Waals surface area contributed by atoms with E-state index in [-0.39, 0.29) is 0 Å². The minimum absolute atomic E-state index is 0.661. The van der Waals surface area contributed by atoms with Gasteiger partial charge in [-0.2, -0.15) is 0 Å². The zero-order valence-corrected chi connectivity index (χ0v) is 8.99. The normalized spacial score (nSPS) is 21.5. The van der Waals surface area contributed by atoms with Crippen LogP contribution in [0.4, 0.5) is 0 Å². The summed E-state index contributed by atoms with van der Waals surface area (Å²) in [6.45, 7) is 3.07. The summed E-state index contributed by atoms with van der Waals surface area (Å²) in [7, 11) is 0. The number of nitrogens with two attached hydrogens (primary N) is 1. The molecule has 1 aromatic rings. The second-order valence-electron chi connectivity index (χ2n) is 3.78. The Morgan fingerprint density at radius 3 is 3.15 bits per heavy atom. The first-order valence-electron chi connectivity index (χ1n) is 5.16. The fraction of sp³-hybridized carbons (Fsp3) is 0.636. The van der Waals surface area contributed by atoms with Gasteiger partial charge in [0, 0.05) is 10.8 Å². The first-order valence-corrected chi connectivity index (χ1v) is 6.04.